The molecule has 0 amide bonds. The summed E-state index contributed by atoms with van der Waals surface area (Å²) in [5.41, 5.74) is 3.19. The fourth-order valence-electron chi connectivity index (χ4n) is 4.69. The standard InChI is InChI=1S/C20H21Cl2NO2/c1-2-25-18(24)9-12-5-11-6-13(7-12)19-17(8-11)23-16-10-14(21)3-4-15(16)20(19)22/h3-4,10-13H,2,5-9H2,1H3. The van der Waals surface area contributed by atoms with Crippen LogP contribution in [0.25, 0.3) is 10.9 Å². The number of halogens is 2. The number of esters is 1. The van der Waals surface area contributed by atoms with Gasteiger partial charge in [0.25, 0.3) is 0 Å². The minimum atomic E-state index is -0.0786. The van der Waals surface area contributed by atoms with Gasteiger partial charge in [0.15, 0.2) is 0 Å². The molecule has 0 radical (unpaired) electrons. The summed E-state index contributed by atoms with van der Waals surface area (Å²) in [5.74, 6) is 1.27. The summed E-state index contributed by atoms with van der Waals surface area (Å²) in [6.45, 7) is 2.30. The van der Waals surface area contributed by atoms with Crippen molar-refractivity contribution in [3.63, 3.8) is 0 Å². The minimum Gasteiger partial charge on any atom is -0.466 e. The van der Waals surface area contributed by atoms with Gasteiger partial charge in [-0.2, -0.15) is 0 Å². The molecule has 0 spiro atoms. The second-order valence-corrected chi connectivity index (χ2v) is 8.11. The van der Waals surface area contributed by atoms with Gasteiger partial charge in [-0.1, -0.05) is 23.2 Å². The van der Waals surface area contributed by atoms with Crippen molar-refractivity contribution in [1.82, 2.24) is 4.98 Å². The highest BCUT2D eigenvalue weighted by Crippen LogP contribution is 2.50. The van der Waals surface area contributed by atoms with Crippen molar-refractivity contribution in [2.75, 3.05) is 6.61 Å². The van der Waals surface area contributed by atoms with E-state index in [1.54, 1.807) is 0 Å². The molecule has 5 heteroatoms. The molecule has 3 unspecified atom stereocenters. The van der Waals surface area contributed by atoms with E-state index in [4.69, 9.17) is 32.9 Å². The maximum absolute atomic E-state index is 11.9. The summed E-state index contributed by atoms with van der Waals surface area (Å²) in [6.07, 6.45) is 4.66. The van der Waals surface area contributed by atoms with E-state index in [2.05, 4.69) is 0 Å². The topological polar surface area (TPSA) is 39.2 Å². The van der Waals surface area contributed by atoms with Gasteiger partial charge in [-0.3, -0.25) is 9.78 Å². The number of aromatic nitrogens is 1. The Hall–Kier alpha value is -1.32. The molecule has 0 aliphatic heterocycles. The van der Waals surface area contributed by atoms with Crippen LogP contribution in [0.2, 0.25) is 10.0 Å². The summed E-state index contributed by atoms with van der Waals surface area (Å²) in [4.78, 5) is 16.8. The first-order valence-corrected chi connectivity index (χ1v) is 9.73. The predicted octanol–water partition coefficient (Wildman–Crippen LogP) is 5.55. The fourth-order valence-corrected chi connectivity index (χ4v) is 5.28. The number of carbonyl (C=O) groups is 1. The van der Waals surface area contributed by atoms with Crippen LogP contribution in [-0.2, 0) is 16.0 Å². The number of ether oxygens (including phenoxy) is 1. The largest absolute Gasteiger partial charge is 0.466 e. The molecule has 1 aromatic heterocycles. The average molecular weight is 378 g/mol. The Bertz CT molecular complexity index is 836. The fraction of sp³-hybridized carbons (Fsp3) is 0.500. The van der Waals surface area contributed by atoms with E-state index >= 15 is 0 Å². The molecular formula is C20H21Cl2NO2. The number of pyridine rings is 1. The number of benzene rings is 1. The zero-order valence-corrected chi connectivity index (χ0v) is 15.7. The van der Waals surface area contributed by atoms with E-state index < -0.39 is 0 Å². The Morgan fingerprint density at radius 1 is 1.28 bits per heavy atom. The van der Waals surface area contributed by atoms with Crippen molar-refractivity contribution in [3.8, 4) is 0 Å². The summed E-state index contributed by atoms with van der Waals surface area (Å²) in [5, 5.41) is 2.47. The number of nitrogens with zero attached hydrogens (tertiary/aromatic N) is 1. The highest BCUT2D eigenvalue weighted by Gasteiger charge is 2.38. The maximum Gasteiger partial charge on any atom is 0.306 e. The van der Waals surface area contributed by atoms with Crippen molar-refractivity contribution >= 4 is 40.1 Å². The van der Waals surface area contributed by atoms with E-state index in [0.717, 1.165) is 47.3 Å². The molecule has 1 aromatic carbocycles. The van der Waals surface area contributed by atoms with Gasteiger partial charge >= 0.3 is 5.97 Å². The van der Waals surface area contributed by atoms with Crippen LogP contribution in [0.5, 0.6) is 0 Å². The second-order valence-electron chi connectivity index (χ2n) is 7.30. The van der Waals surface area contributed by atoms with Crippen LogP contribution in [0.15, 0.2) is 18.2 Å². The van der Waals surface area contributed by atoms with Crippen LogP contribution in [0.3, 0.4) is 0 Å². The van der Waals surface area contributed by atoms with Crippen molar-refractivity contribution in [3.05, 3.63) is 39.5 Å². The molecule has 1 saturated carbocycles. The molecule has 2 aromatic rings. The second kappa shape index (κ2) is 6.77. The molecule has 3 atom stereocenters. The molecule has 2 aliphatic carbocycles. The Balaban J connectivity index is 1.67. The highest BCUT2D eigenvalue weighted by atomic mass is 35.5. The molecule has 132 valence electrons. The molecule has 0 N–H and O–H groups in total. The molecule has 1 heterocycles. The van der Waals surface area contributed by atoms with Crippen LogP contribution in [0, 0.1) is 11.8 Å². The van der Waals surface area contributed by atoms with E-state index in [0.29, 0.717) is 35.8 Å². The molecule has 0 saturated heterocycles. The van der Waals surface area contributed by atoms with Gasteiger partial charge in [0, 0.05) is 22.5 Å². The quantitative estimate of drug-likeness (QED) is 0.658. The number of carbonyl (C=O) groups excluding carboxylic acids is 1. The van der Waals surface area contributed by atoms with Crippen LogP contribution in [0.4, 0.5) is 0 Å². The number of hydrogen-bond acceptors (Lipinski definition) is 3. The zero-order valence-electron chi connectivity index (χ0n) is 14.2. The van der Waals surface area contributed by atoms with Gasteiger partial charge in [0.2, 0.25) is 0 Å². The molecule has 2 bridgehead atoms. The first kappa shape index (κ1) is 17.1. The maximum atomic E-state index is 11.9. The Labute approximate surface area is 157 Å². The molecule has 2 aliphatic rings. The van der Waals surface area contributed by atoms with Gasteiger partial charge in [-0.15, -0.1) is 0 Å². The first-order valence-electron chi connectivity index (χ1n) is 8.98. The van der Waals surface area contributed by atoms with Crippen LogP contribution in [-0.4, -0.2) is 17.6 Å². The minimum absolute atomic E-state index is 0.0786. The molecule has 3 nitrogen and oxygen atoms in total. The van der Waals surface area contributed by atoms with E-state index in [1.807, 2.05) is 25.1 Å². The summed E-state index contributed by atoms with van der Waals surface area (Å²) in [6, 6.07) is 5.70. The predicted molar refractivity (Wildman–Crippen MR) is 100 cm³/mol. The van der Waals surface area contributed by atoms with Gasteiger partial charge in [-0.05, 0) is 74.1 Å². The van der Waals surface area contributed by atoms with Crippen molar-refractivity contribution in [2.24, 2.45) is 11.8 Å². The molecule has 4 rings (SSSR count). The smallest absolute Gasteiger partial charge is 0.306 e. The lowest BCUT2D eigenvalue weighted by Crippen LogP contribution is -2.30. The molecule has 25 heavy (non-hydrogen) atoms. The lowest BCUT2D eigenvalue weighted by atomic mass is 9.66. The van der Waals surface area contributed by atoms with Crippen molar-refractivity contribution < 1.29 is 9.53 Å². The third-order valence-corrected chi connectivity index (χ3v) is 6.19. The van der Waals surface area contributed by atoms with Gasteiger partial charge in [-0.25, -0.2) is 0 Å². The Morgan fingerprint density at radius 2 is 2.12 bits per heavy atom. The lowest BCUT2D eigenvalue weighted by Gasteiger charge is -2.40. The first-order chi connectivity index (χ1) is 12.0. The third-order valence-electron chi connectivity index (χ3n) is 5.55. The van der Waals surface area contributed by atoms with E-state index in [-0.39, 0.29) is 5.97 Å². The normalized spacial score (nSPS) is 24.8. The van der Waals surface area contributed by atoms with E-state index in [1.165, 1.54) is 5.56 Å². The van der Waals surface area contributed by atoms with Crippen molar-refractivity contribution in [1.29, 1.82) is 0 Å². The number of hydrogen-bond donors (Lipinski definition) is 0. The van der Waals surface area contributed by atoms with Crippen LogP contribution >= 0.6 is 23.2 Å². The molecular weight excluding hydrogens is 357 g/mol. The van der Waals surface area contributed by atoms with Gasteiger partial charge < -0.3 is 4.74 Å². The number of rotatable bonds is 3. The Kier molecular flexibility index (Phi) is 4.63. The SMILES string of the molecule is CCOC(=O)CC1CC2Cc3nc4cc(Cl)ccc4c(Cl)c3C(C1)C2. The van der Waals surface area contributed by atoms with Crippen molar-refractivity contribution in [2.45, 2.75) is 44.9 Å². The van der Waals surface area contributed by atoms with Gasteiger partial charge in [0.1, 0.15) is 0 Å². The highest BCUT2D eigenvalue weighted by molar-refractivity contribution is 6.37. The Morgan fingerprint density at radius 3 is 2.92 bits per heavy atom. The number of fused-ring (bicyclic) bond motifs is 5. The zero-order chi connectivity index (χ0) is 17.6. The average Bonchev–Trinajstić information content (AvgIpc) is 2.54. The van der Waals surface area contributed by atoms with E-state index in [9.17, 15) is 4.79 Å². The monoisotopic (exact) mass is 377 g/mol. The van der Waals surface area contributed by atoms with Crippen LogP contribution in [0.1, 0.15) is 49.8 Å². The summed E-state index contributed by atoms with van der Waals surface area (Å²) >= 11 is 12.9. The lowest BCUT2D eigenvalue weighted by molar-refractivity contribution is -0.144. The van der Waals surface area contributed by atoms with Crippen LogP contribution < -0.4 is 0 Å². The summed E-state index contributed by atoms with van der Waals surface area (Å²) in [7, 11) is 0. The summed E-state index contributed by atoms with van der Waals surface area (Å²) < 4.78 is 5.14. The molecule has 1 fully saturated rings. The third kappa shape index (κ3) is 3.24. The van der Waals surface area contributed by atoms with Gasteiger partial charge in [0.05, 0.1) is 17.1 Å².